The standard InChI is InChI=1S/C24H23NO3S/c1-3-17(15-10-6-5-7-11-15)22(26)25-23-20(24(27)28-4-2)19-14-16-12-8-9-13-18(16)21(19)29-23/h5-13,17H,3-4,14H2,1-2H3,(H,25,26). The van der Waals surface area contributed by atoms with Crippen molar-refractivity contribution in [1.29, 1.82) is 0 Å². The lowest BCUT2D eigenvalue weighted by Gasteiger charge is -2.15. The van der Waals surface area contributed by atoms with E-state index in [0.717, 1.165) is 21.6 Å². The van der Waals surface area contributed by atoms with Crippen LogP contribution < -0.4 is 5.32 Å². The smallest absolute Gasteiger partial charge is 0.341 e. The lowest BCUT2D eigenvalue weighted by atomic mass is 9.95. The molecule has 0 fully saturated rings. The molecule has 4 rings (SSSR count). The monoisotopic (exact) mass is 405 g/mol. The van der Waals surface area contributed by atoms with Gasteiger partial charge in [-0.25, -0.2) is 4.79 Å². The number of ether oxygens (including phenoxy) is 1. The lowest BCUT2D eigenvalue weighted by molar-refractivity contribution is -0.117. The summed E-state index contributed by atoms with van der Waals surface area (Å²) < 4.78 is 5.32. The van der Waals surface area contributed by atoms with Crippen LogP contribution in [0.5, 0.6) is 0 Å². The first-order chi connectivity index (χ1) is 14.1. The zero-order valence-electron chi connectivity index (χ0n) is 16.5. The molecule has 1 N–H and O–H groups in total. The normalized spacial score (nSPS) is 12.8. The topological polar surface area (TPSA) is 55.4 Å². The number of fused-ring (bicyclic) bond motifs is 3. The Morgan fingerprint density at radius 2 is 1.79 bits per heavy atom. The Balaban J connectivity index is 1.71. The summed E-state index contributed by atoms with van der Waals surface area (Å²) >= 11 is 1.46. The maximum atomic E-state index is 13.1. The number of anilines is 1. The van der Waals surface area contributed by atoms with E-state index < -0.39 is 0 Å². The minimum absolute atomic E-state index is 0.0996. The molecule has 1 heterocycles. The van der Waals surface area contributed by atoms with Crippen LogP contribution in [0.3, 0.4) is 0 Å². The number of rotatable bonds is 6. The third kappa shape index (κ3) is 3.58. The van der Waals surface area contributed by atoms with Crippen molar-refractivity contribution in [1.82, 2.24) is 0 Å². The van der Waals surface area contributed by atoms with E-state index in [1.54, 1.807) is 6.92 Å². The van der Waals surface area contributed by atoms with Crippen molar-refractivity contribution in [3.8, 4) is 10.4 Å². The predicted octanol–water partition coefficient (Wildman–Crippen LogP) is 5.63. The molecule has 1 unspecified atom stereocenters. The second kappa shape index (κ2) is 8.21. The van der Waals surface area contributed by atoms with Gasteiger partial charge in [0.1, 0.15) is 5.00 Å². The first-order valence-corrected chi connectivity index (χ1v) is 10.7. The zero-order chi connectivity index (χ0) is 20.4. The molecule has 1 aliphatic rings. The Hall–Kier alpha value is -2.92. The first-order valence-electron chi connectivity index (χ1n) is 9.90. The average molecular weight is 406 g/mol. The molecular weight excluding hydrogens is 382 g/mol. The number of esters is 1. The summed E-state index contributed by atoms with van der Waals surface area (Å²) in [4.78, 5) is 26.9. The van der Waals surface area contributed by atoms with Crippen LogP contribution in [0.2, 0.25) is 0 Å². The zero-order valence-corrected chi connectivity index (χ0v) is 17.3. The second-order valence-corrected chi connectivity index (χ2v) is 8.05. The molecule has 5 heteroatoms. The van der Waals surface area contributed by atoms with Gasteiger partial charge in [-0.3, -0.25) is 4.79 Å². The third-order valence-electron chi connectivity index (χ3n) is 5.28. The van der Waals surface area contributed by atoms with Crippen molar-refractivity contribution < 1.29 is 14.3 Å². The van der Waals surface area contributed by atoms with Crippen LogP contribution in [0.4, 0.5) is 5.00 Å². The van der Waals surface area contributed by atoms with Crippen LogP contribution in [0.1, 0.15) is 53.2 Å². The number of carbonyl (C=O) groups excluding carboxylic acids is 2. The second-order valence-electron chi connectivity index (χ2n) is 7.03. The molecule has 2 aromatic carbocycles. The maximum Gasteiger partial charge on any atom is 0.341 e. The predicted molar refractivity (Wildman–Crippen MR) is 117 cm³/mol. The van der Waals surface area contributed by atoms with Crippen LogP contribution in [0.25, 0.3) is 10.4 Å². The Morgan fingerprint density at radius 3 is 2.52 bits per heavy atom. The number of thiophene rings is 1. The van der Waals surface area contributed by atoms with E-state index in [4.69, 9.17) is 4.74 Å². The van der Waals surface area contributed by atoms with Crippen molar-refractivity contribution >= 4 is 28.2 Å². The number of amides is 1. The lowest BCUT2D eigenvalue weighted by Crippen LogP contribution is -2.21. The van der Waals surface area contributed by atoms with Crippen molar-refractivity contribution in [2.75, 3.05) is 11.9 Å². The summed E-state index contributed by atoms with van der Waals surface area (Å²) in [5.74, 6) is -0.742. The highest BCUT2D eigenvalue weighted by Crippen LogP contribution is 2.48. The van der Waals surface area contributed by atoms with Gasteiger partial charge in [0.25, 0.3) is 0 Å². The molecule has 0 saturated heterocycles. The van der Waals surface area contributed by atoms with E-state index in [2.05, 4.69) is 17.4 Å². The molecule has 148 valence electrons. The van der Waals surface area contributed by atoms with Gasteiger partial charge in [-0.1, -0.05) is 61.5 Å². The molecule has 1 amide bonds. The summed E-state index contributed by atoms with van der Waals surface area (Å²) in [6, 6.07) is 17.9. The van der Waals surface area contributed by atoms with Crippen LogP contribution >= 0.6 is 11.3 Å². The van der Waals surface area contributed by atoms with E-state index in [9.17, 15) is 9.59 Å². The SMILES string of the molecule is CCOC(=O)c1c(NC(=O)C(CC)c2ccccc2)sc2c1Cc1ccccc1-2. The minimum Gasteiger partial charge on any atom is -0.462 e. The Bertz CT molecular complexity index is 1060. The molecule has 0 radical (unpaired) electrons. The van der Waals surface area contributed by atoms with Crippen molar-refractivity contribution in [3.63, 3.8) is 0 Å². The Kier molecular flexibility index (Phi) is 5.49. The molecule has 1 aliphatic carbocycles. The molecule has 29 heavy (non-hydrogen) atoms. The van der Waals surface area contributed by atoms with Crippen molar-refractivity contribution in [3.05, 3.63) is 76.9 Å². The molecule has 1 aromatic heterocycles. The van der Waals surface area contributed by atoms with Gasteiger partial charge in [0, 0.05) is 11.3 Å². The molecule has 0 spiro atoms. The van der Waals surface area contributed by atoms with E-state index >= 15 is 0 Å². The Labute approximate surface area is 174 Å². The molecule has 0 aliphatic heterocycles. The summed E-state index contributed by atoms with van der Waals surface area (Å²) in [6.45, 7) is 4.08. The van der Waals surface area contributed by atoms with E-state index in [0.29, 0.717) is 30.0 Å². The minimum atomic E-state index is -0.374. The first kappa shape index (κ1) is 19.4. The Morgan fingerprint density at radius 1 is 1.07 bits per heavy atom. The maximum absolute atomic E-state index is 13.1. The molecule has 1 atom stereocenters. The molecule has 0 saturated carbocycles. The van der Waals surface area contributed by atoms with Gasteiger partial charge in [-0.05, 0) is 35.6 Å². The van der Waals surface area contributed by atoms with Gasteiger partial charge in [0.05, 0.1) is 18.1 Å². The van der Waals surface area contributed by atoms with E-state index in [-0.39, 0.29) is 17.8 Å². The number of hydrogen-bond acceptors (Lipinski definition) is 4. The van der Waals surface area contributed by atoms with Gasteiger partial charge in [-0.15, -0.1) is 11.3 Å². The number of benzene rings is 2. The summed E-state index contributed by atoms with van der Waals surface area (Å²) in [5, 5.41) is 3.62. The van der Waals surface area contributed by atoms with Gasteiger partial charge < -0.3 is 10.1 Å². The molecule has 3 aromatic rings. The largest absolute Gasteiger partial charge is 0.462 e. The molecular formula is C24H23NO3S. The van der Waals surface area contributed by atoms with Gasteiger partial charge in [-0.2, -0.15) is 0 Å². The summed E-state index contributed by atoms with van der Waals surface area (Å²) in [6.07, 6.45) is 1.36. The molecule has 0 bridgehead atoms. The van der Waals surface area contributed by atoms with Gasteiger partial charge >= 0.3 is 5.97 Å². The average Bonchev–Trinajstić information content (AvgIpc) is 3.25. The van der Waals surface area contributed by atoms with E-state index in [1.807, 2.05) is 49.4 Å². The fourth-order valence-corrected chi connectivity index (χ4v) is 5.17. The highest BCUT2D eigenvalue weighted by atomic mass is 32.1. The number of hydrogen-bond donors (Lipinski definition) is 1. The van der Waals surface area contributed by atoms with Crippen LogP contribution in [0, 0.1) is 0 Å². The highest BCUT2D eigenvalue weighted by molar-refractivity contribution is 7.20. The van der Waals surface area contributed by atoms with Crippen LogP contribution in [0.15, 0.2) is 54.6 Å². The summed E-state index contributed by atoms with van der Waals surface area (Å²) in [5.41, 5.74) is 4.76. The fraction of sp³-hybridized carbons (Fsp3) is 0.250. The van der Waals surface area contributed by atoms with E-state index in [1.165, 1.54) is 16.9 Å². The van der Waals surface area contributed by atoms with Crippen molar-refractivity contribution in [2.24, 2.45) is 0 Å². The number of nitrogens with one attached hydrogen (secondary N) is 1. The van der Waals surface area contributed by atoms with Crippen molar-refractivity contribution in [2.45, 2.75) is 32.6 Å². The van der Waals surface area contributed by atoms with Crippen LogP contribution in [-0.4, -0.2) is 18.5 Å². The number of carbonyl (C=O) groups is 2. The highest BCUT2D eigenvalue weighted by Gasteiger charge is 2.32. The third-order valence-corrected chi connectivity index (χ3v) is 6.46. The fourth-order valence-electron chi connectivity index (χ4n) is 3.90. The van der Waals surface area contributed by atoms with Crippen LogP contribution in [-0.2, 0) is 16.0 Å². The van der Waals surface area contributed by atoms with Gasteiger partial charge in [0.2, 0.25) is 5.91 Å². The molecule has 4 nitrogen and oxygen atoms in total. The van der Waals surface area contributed by atoms with Gasteiger partial charge in [0.15, 0.2) is 0 Å². The summed E-state index contributed by atoms with van der Waals surface area (Å²) in [7, 11) is 0. The quantitative estimate of drug-likeness (QED) is 0.423.